The Morgan fingerprint density at radius 3 is 3.05 bits per heavy atom. The first kappa shape index (κ1) is 13.5. The van der Waals surface area contributed by atoms with Crippen LogP contribution in [0.3, 0.4) is 0 Å². The smallest absolute Gasteiger partial charge is 0.140 e. The molecule has 0 saturated carbocycles. The van der Waals surface area contributed by atoms with Crippen molar-refractivity contribution in [2.75, 3.05) is 13.1 Å². The number of pyridine rings is 1. The number of aromatic nitrogens is 3. The molecular formula is C14H19FN4O. The summed E-state index contributed by atoms with van der Waals surface area (Å²) in [6.45, 7) is 5.53. The van der Waals surface area contributed by atoms with E-state index in [0.717, 1.165) is 11.0 Å². The third kappa shape index (κ3) is 2.66. The lowest BCUT2D eigenvalue weighted by Crippen LogP contribution is -2.29. The van der Waals surface area contributed by atoms with Crippen LogP contribution < -0.4 is 0 Å². The van der Waals surface area contributed by atoms with E-state index in [1.165, 1.54) is 0 Å². The summed E-state index contributed by atoms with van der Waals surface area (Å²) in [6, 6.07) is 2.18. The Hall–Kier alpha value is -1.53. The number of nitrogens with one attached hydrogen (secondary N) is 1. The second-order valence-electron chi connectivity index (χ2n) is 5.49. The van der Waals surface area contributed by atoms with Crippen LogP contribution in [0.15, 0.2) is 18.5 Å². The largest absolute Gasteiger partial charge is 0.366 e. The zero-order valence-corrected chi connectivity index (χ0v) is 11.7. The van der Waals surface area contributed by atoms with Crippen molar-refractivity contribution < 1.29 is 9.13 Å². The summed E-state index contributed by atoms with van der Waals surface area (Å²) in [6.07, 6.45) is 2.12. The summed E-state index contributed by atoms with van der Waals surface area (Å²) >= 11 is 0. The average molecular weight is 278 g/mol. The van der Waals surface area contributed by atoms with E-state index >= 15 is 0 Å². The fraction of sp³-hybridized carbons (Fsp3) is 0.571. The Morgan fingerprint density at radius 1 is 1.50 bits per heavy atom. The van der Waals surface area contributed by atoms with Crippen LogP contribution in [0.4, 0.5) is 4.39 Å². The van der Waals surface area contributed by atoms with Crippen molar-refractivity contribution in [1.82, 2.24) is 19.9 Å². The van der Waals surface area contributed by atoms with Gasteiger partial charge >= 0.3 is 0 Å². The van der Waals surface area contributed by atoms with Gasteiger partial charge < -0.3 is 9.72 Å². The number of imidazole rings is 1. The maximum Gasteiger partial charge on any atom is 0.140 e. The number of aromatic amines is 1. The number of H-pyrrole nitrogens is 1. The Kier molecular flexibility index (Phi) is 3.67. The molecule has 1 N–H and O–H groups in total. The predicted octanol–water partition coefficient (Wildman–Crippen LogP) is 1.91. The first-order valence-corrected chi connectivity index (χ1v) is 6.92. The van der Waals surface area contributed by atoms with Gasteiger partial charge in [-0.15, -0.1) is 0 Å². The van der Waals surface area contributed by atoms with Crippen molar-refractivity contribution in [1.29, 1.82) is 0 Å². The molecule has 0 spiro atoms. The molecule has 0 radical (unpaired) electrons. The molecule has 1 aliphatic rings. The third-order valence-electron chi connectivity index (χ3n) is 3.72. The number of hydrogen-bond acceptors (Lipinski definition) is 4. The van der Waals surface area contributed by atoms with E-state index in [1.54, 1.807) is 12.4 Å². The van der Waals surface area contributed by atoms with Crippen LogP contribution in [0.5, 0.6) is 0 Å². The number of likely N-dealkylation sites (tertiary alicyclic amines) is 1. The molecule has 5 nitrogen and oxygen atoms in total. The van der Waals surface area contributed by atoms with Crippen LogP contribution >= 0.6 is 0 Å². The molecule has 2 unspecified atom stereocenters. The van der Waals surface area contributed by atoms with Crippen molar-refractivity contribution in [2.45, 2.75) is 38.8 Å². The van der Waals surface area contributed by atoms with Gasteiger partial charge in [-0.2, -0.15) is 0 Å². The molecule has 3 heterocycles. The van der Waals surface area contributed by atoms with E-state index in [2.05, 4.69) is 33.7 Å². The number of rotatable bonds is 4. The maximum atomic E-state index is 13.9. The number of ether oxygens (including phenoxy) is 1. The van der Waals surface area contributed by atoms with E-state index in [9.17, 15) is 4.39 Å². The highest BCUT2D eigenvalue weighted by Crippen LogP contribution is 2.20. The van der Waals surface area contributed by atoms with Crippen LogP contribution in [0.1, 0.15) is 19.7 Å². The number of halogens is 1. The number of fused-ring (bicyclic) bond motifs is 1. The van der Waals surface area contributed by atoms with Gasteiger partial charge in [-0.05, 0) is 19.9 Å². The van der Waals surface area contributed by atoms with Gasteiger partial charge in [-0.25, -0.2) is 9.37 Å². The molecule has 1 fully saturated rings. The van der Waals surface area contributed by atoms with E-state index in [0.29, 0.717) is 31.6 Å². The van der Waals surface area contributed by atoms with E-state index in [1.807, 2.05) is 6.07 Å². The van der Waals surface area contributed by atoms with Crippen LogP contribution in [-0.4, -0.2) is 51.3 Å². The second-order valence-corrected chi connectivity index (χ2v) is 5.49. The van der Waals surface area contributed by atoms with E-state index in [-0.39, 0.29) is 6.10 Å². The number of nitrogens with zero attached hydrogens (tertiary/aromatic N) is 3. The Morgan fingerprint density at radius 2 is 2.35 bits per heavy atom. The van der Waals surface area contributed by atoms with Crippen molar-refractivity contribution in [3.63, 3.8) is 0 Å². The summed E-state index contributed by atoms with van der Waals surface area (Å²) in [5.41, 5.74) is 1.73. The first-order valence-electron chi connectivity index (χ1n) is 6.92. The maximum absolute atomic E-state index is 13.9. The third-order valence-corrected chi connectivity index (χ3v) is 3.72. The van der Waals surface area contributed by atoms with Crippen LogP contribution in [0, 0.1) is 0 Å². The zero-order valence-electron chi connectivity index (χ0n) is 11.7. The van der Waals surface area contributed by atoms with Gasteiger partial charge in [-0.3, -0.25) is 9.88 Å². The molecule has 2 aromatic heterocycles. The highest BCUT2D eigenvalue weighted by Gasteiger charge is 2.34. The molecule has 2 atom stereocenters. The zero-order chi connectivity index (χ0) is 14.1. The molecule has 3 rings (SSSR count). The minimum absolute atomic E-state index is 0.297. The lowest BCUT2D eigenvalue weighted by molar-refractivity contribution is 0.00814. The molecule has 6 heteroatoms. The average Bonchev–Trinajstić information content (AvgIpc) is 2.99. The van der Waals surface area contributed by atoms with Gasteiger partial charge in [0.25, 0.3) is 0 Å². The molecule has 0 aromatic carbocycles. The van der Waals surface area contributed by atoms with Gasteiger partial charge in [0.2, 0.25) is 0 Å². The number of alkyl halides is 1. The van der Waals surface area contributed by atoms with Gasteiger partial charge in [0.15, 0.2) is 0 Å². The van der Waals surface area contributed by atoms with E-state index < -0.39 is 6.17 Å². The summed E-state index contributed by atoms with van der Waals surface area (Å²) in [4.78, 5) is 13.7. The summed E-state index contributed by atoms with van der Waals surface area (Å²) in [5.74, 6) is 0.711. The van der Waals surface area contributed by atoms with Crippen LogP contribution in [0.2, 0.25) is 0 Å². The van der Waals surface area contributed by atoms with Crippen molar-refractivity contribution >= 4 is 11.0 Å². The quantitative estimate of drug-likeness (QED) is 0.928. The topological polar surface area (TPSA) is 54.0 Å². The normalized spacial score (nSPS) is 24.0. The van der Waals surface area contributed by atoms with Crippen LogP contribution in [-0.2, 0) is 11.3 Å². The highest BCUT2D eigenvalue weighted by molar-refractivity contribution is 5.73. The molecular weight excluding hydrogens is 259 g/mol. The number of hydrogen-bond donors (Lipinski definition) is 1. The molecule has 2 aromatic rings. The van der Waals surface area contributed by atoms with Gasteiger partial charge in [-0.1, -0.05) is 0 Å². The molecule has 1 aliphatic heterocycles. The monoisotopic (exact) mass is 278 g/mol. The predicted molar refractivity (Wildman–Crippen MR) is 74.1 cm³/mol. The van der Waals surface area contributed by atoms with E-state index in [4.69, 9.17) is 4.74 Å². The standard InChI is InChI=1S/C14H19FN4O/c1-9(2)19-6-10(15)13(7-19)20-8-14-17-11-3-4-16-5-12(11)18-14/h3-5,9-10,13H,6-8H2,1-2H3,(H,17,18). The van der Waals surface area contributed by atoms with Gasteiger partial charge in [0, 0.05) is 25.3 Å². The summed E-state index contributed by atoms with van der Waals surface area (Å²) in [5, 5.41) is 0. The molecule has 0 aliphatic carbocycles. The fourth-order valence-corrected chi connectivity index (χ4v) is 2.50. The van der Waals surface area contributed by atoms with Crippen molar-refractivity contribution in [2.24, 2.45) is 0 Å². The Balaban J connectivity index is 1.62. The SMILES string of the molecule is CC(C)N1CC(F)C(OCc2nc3ccncc3[nH]2)C1. The van der Waals surface area contributed by atoms with Crippen LogP contribution in [0.25, 0.3) is 11.0 Å². The minimum atomic E-state index is -0.927. The molecule has 0 amide bonds. The molecule has 108 valence electrons. The lowest BCUT2D eigenvalue weighted by atomic mass is 10.3. The summed E-state index contributed by atoms with van der Waals surface area (Å²) in [7, 11) is 0. The van der Waals surface area contributed by atoms with Crippen molar-refractivity contribution in [3.8, 4) is 0 Å². The molecule has 0 bridgehead atoms. The Labute approximate surface area is 117 Å². The van der Waals surface area contributed by atoms with Gasteiger partial charge in [0.05, 0.1) is 17.2 Å². The lowest BCUT2D eigenvalue weighted by Gasteiger charge is -2.19. The molecule has 1 saturated heterocycles. The highest BCUT2D eigenvalue weighted by atomic mass is 19.1. The fourth-order valence-electron chi connectivity index (χ4n) is 2.50. The Bertz CT molecular complexity index is 552. The van der Waals surface area contributed by atoms with Gasteiger partial charge in [0.1, 0.15) is 24.7 Å². The van der Waals surface area contributed by atoms with Crippen molar-refractivity contribution in [3.05, 3.63) is 24.3 Å². The first-order chi connectivity index (χ1) is 9.63. The summed E-state index contributed by atoms with van der Waals surface area (Å²) < 4.78 is 19.6. The molecule has 20 heavy (non-hydrogen) atoms. The minimum Gasteiger partial charge on any atom is -0.366 e. The second kappa shape index (κ2) is 5.46.